The lowest BCUT2D eigenvalue weighted by atomic mass is 9.96. The van der Waals surface area contributed by atoms with E-state index in [1.54, 1.807) is 0 Å². The molecule has 0 aliphatic carbocycles. The summed E-state index contributed by atoms with van der Waals surface area (Å²) < 4.78 is 92.4. The van der Waals surface area contributed by atoms with E-state index in [0.29, 0.717) is 0 Å². The van der Waals surface area contributed by atoms with Crippen LogP contribution in [0.2, 0.25) is 0 Å². The van der Waals surface area contributed by atoms with Crippen molar-refractivity contribution in [1.82, 2.24) is 4.98 Å². The number of aromatic nitrogens is 1. The summed E-state index contributed by atoms with van der Waals surface area (Å²) in [6, 6.07) is 3.84. The highest BCUT2D eigenvalue weighted by atomic mass is 19.4. The molecular formula is C17H11F7N2. The first kappa shape index (κ1) is 18.2. The Labute approximate surface area is 142 Å². The van der Waals surface area contributed by atoms with Crippen molar-refractivity contribution < 1.29 is 30.7 Å². The summed E-state index contributed by atoms with van der Waals surface area (Å²) in [7, 11) is 0. The van der Waals surface area contributed by atoms with Crippen LogP contribution in [0.15, 0.2) is 42.6 Å². The molecule has 1 heterocycles. The van der Waals surface area contributed by atoms with E-state index < -0.39 is 35.3 Å². The van der Waals surface area contributed by atoms with Gasteiger partial charge in [-0.15, -0.1) is 0 Å². The molecule has 0 bridgehead atoms. The van der Waals surface area contributed by atoms with Crippen molar-refractivity contribution in [1.29, 1.82) is 0 Å². The van der Waals surface area contributed by atoms with Crippen LogP contribution in [-0.2, 0) is 6.18 Å². The number of nitrogens with one attached hydrogen (secondary N) is 1. The molecule has 0 radical (unpaired) electrons. The van der Waals surface area contributed by atoms with Crippen LogP contribution in [0.25, 0.3) is 22.0 Å². The monoisotopic (exact) mass is 376 g/mol. The van der Waals surface area contributed by atoms with E-state index in [2.05, 4.69) is 4.98 Å². The van der Waals surface area contributed by atoms with Gasteiger partial charge in [0, 0.05) is 28.2 Å². The Morgan fingerprint density at radius 3 is 2.19 bits per heavy atom. The molecule has 0 amide bonds. The van der Waals surface area contributed by atoms with Crippen molar-refractivity contribution >= 4 is 10.9 Å². The van der Waals surface area contributed by atoms with Crippen molar-refractivity contribution in [3.63, 3.8) is 0 Å². The van der Waals surface area contributed by atoms with Crippen LogP contribution in [0, 0.1) is 5.82 Å². The normalized spacial score (nSPS) is 14.0. The fourth-order valence-electron chi connectivity index (χ4n) is 2.77. The van der Waals surface area contributed by atoms with Crippen LogP contribution in [0.1, 0.15) is 17.2 Å². The average molecular weight is 376 g/mol. The van der Waals surface area contributed by atoms with Gasteiger partial charge in [0.05, 0.1) is 5.56 Å². The average Bonchev–Trinajstić information content (AvgIpc) is 2.94. The largest absolute Gasteiger partial charge is 0.417 e. The zero-order chi connectivity index (χ0) is 19.3. The Kier molecular flexibility index (Phi) is 4.22. The predicted octanol–water partition coefficient (Wildman–Crippen LogP) is 5.55. The molecule has 3 aromatic rings. The number of aromatic amines is 1. The van der Waals surface area contributed by atoms with Crippen molar-refractivity contribution in [2.24, 2.45) is 5.73 Å². The number of H-pyrrole nitrogens is 1. The predicted molar refractivity (Wildman–Crippen MR) is 81.7 cm³/mol. The molecule has 0 aliphatic heterocycles. The summed E-state index contributed by atoms with van der Waals surface area (Å²) in [5.41, 5.74) is 2.98. The summed E-state index contributed by atoms with van der Waals surface area (Å²) in [5.74, 6) is -1.08. The Morgan fingerprint density at radius 1 is 0.923 bits per heavy atom. The second kappa shape index (κ2) is 6.01. The molecule has 0 saturated heterocycles. The second-order valence-electron chi connectivity index (χ2n) is 5.68. The number of halogens is 7. The van der Waals surface area contributed by atoms with Gasteiger partial charge in [-0.05, 0) is 23.8 Å². The lowest BCUT2D eigenvalue weighted by molar-refractivity contribution is -0.148. The van der Waals surface area contributed by atoms with Crippen molar-refractivity contribution in [2.75, 3.05) is 0 Å². The molecule has 2 nitrogen and oxygen atoms in total. The molecule has 9 heteroatoms. The van der Waals surface area contributed by atoms with Gasteiger partial charge in [0.15, 0.2) is 0 Å². The first-order valence-corrected chi connectivity index (χ1v) is 7.29. The zero-order valence-corrected chi connectivity index (χ0v) is 12.8. The van der Waals surface area contributed by atoms with E-state index in [9.17, 15) is 30.7 Å². The maximum atomic E-state index is 14.5. The van der Waals surface area contributed by atoms with Gasteiger partial charge >= 0.3 is 12.4 Å². The van der Waals surface area contributed by atoms with E-state index in [0.717, 1.165) is 36.5 Å². The van der Waals surface area contributed by atoms with E-state index in [1.165, 1.54) is 6.07 Å². The molecule has 0 aliphatic rings. The molecule has 0 unspecified atom stereocenters. The van der Waals surface area contributed by atoms with E-state index >= 15 is 0 Å². The minimum Gasteiger partial charge on any atom is -0.361 e. The smallest absolute Gasteiger partial charge is 0.361 e. The van der Waals surface area contributed by atoms with Gasteiger partial charge in [-0.3, -0.25) is 0 Å². The van der Waals surface area contributed by atoms with E-state index in [1.807, 2.05) is 0 Å². The summed E-state index contributed by atoms with van der Waals surface area (Å²) in [4.78, 5) is 2.51. The van der Waals surface area contributed by atoms with Crippen LogP contribution in [0.4, 0.5) is 30.7 Å². The number of hydrogen-bond donors (Lipinski definition) is 2. The molecule has 26 heavy (non-hydrogen) atoms. The summed E-state index contributed by atoms with van der Waals surface area (Å²) in [5, 5.41) is -0.138. The first-order chi connectivity index (χ1) is 12.0. The van der Waals surface area contributed by atoms with Crippen molar-refractivity contribution in [2.45, 2.75) is 18.4 Å². The highest BCUT2D eigenvalue weighted by Gasteiger charge is 2.39. The maximum Gasteiger partial charge on any atom is 0.417 e. The fourth-order valence-corrected chi connectivity index (χ4v) is 2.77. The Hall–Kier alpha value is -2.55. The standard InChI is InChI=1S/C17H11F7N2/c18-13-5-10-11(15(25)17(22,23)24)7-26-14(10)6-9(13)8-3-1-2-4-12(8)16(19,20)21/h1-7,15,26H,25H2/t15-/m0/s1. The third-order valence-electron chi connectivity index (χ3n) is 4.01. The molecule has 0 saturated carbocycles. The second-order valence-corrected chi connectivity index (χ2v) is 5.68. The third-order valence-corrected chi connectivity index (χ3v) is 4.01. The lowest BCUT2D eigenvalue weighted by Gasteiger charge is -2.16. The molecule has 138 valence electrons. The van der Waals surface area contributed by atoms with Gasteiger partial charge in [0.1, 0.15) is 11.9 Å². The third kappa shape index (κ3) is 3.14. The summed E-state index contributed by atoms with van der Waals surface area (Å²) in [6.45, 7) is 0. The Bertz CT molecular complexity index is 954. The van der Waals surface area contributed by atoms with Gasteiger partial charge < -0.3 is 10.7 Å². The van der Waals surface area contributed by atoms with Gasteiger partial charge in [-0.2, -0.15) is 26.3 Å². The molecule has 2 aromatic carbocycles. The van der Waals surface area contributed by atoms with Crippen LogP contribution in [0.5, 0.6) is 0 Å². The summed E-state index contributed by atoms with van der Waals surface area (Å²) in [6.07, 6.45) is -8.48. The van der Waals surface area contributed by atoms with Crippen molar-refractivity contribution in [3.05, 3.63) is 59.5 Å². The SMILES string of the molecule is N[C@@H](c1c[nH]c2cc(-c3ccccc3C(F)(F)F)c(F)cc12)C(F)(F)F. The number of benzene rings is 2. The maximum absolute atomic E-state index is 14.5. The van der Waals surface area contributed by atoms with Crippen LogP contribution < -0.4 is 5.73 Å². The van der Waals surface area contributed by atoms with Crippen molar-refractivity contribution in [3.8, 4) is 11.1 Å². The van der Waals surface area contributed by atoms with Gasteiger partial charge in [0.25, 0.3) is 0 Å². The minimum absolute atomic E-state index is 0.0491. The fraction of sp³-hybridized carbons (Fsp3) is 0.176. The minimum atomic E-state index is -4.74. The van der Waals surface area contributed by atoms with Gasteiger partial charge in [-0.1, -0.05) is 18.2 Å². The molecule has 3 N–H and O–H groups in total. The Morgan fingerprint density at radius 2 is 1.58 bits per heavy atom. The highest BCUT2D eigenvalue weighted by Crippen LogP contribution is 2.40. The first-order valence-electron chi connectivity index (χ1n) is 7.29. The van der Waals surface area contributed by atoms with E-state index in [4.69, 9.17) is 5.73 Å². The number of alkyl halides is 6. The number of nitrogens with two attached hydrogens (primary N) is 1. The topological polar surface area (TPSA) is 41.8 Å². The molecule has 0 fully saturated rings. The lowest BCUT2D eigenvalue weighted by Crippen LogP contribution is -2.28. The quantitative estimate of drug-likeness (QED) is 0.566. The van der Waals surface area contributed by atoms with Crippen LogP contribution in [0.3, 0.4) is 0 Å². The Balaban J connectivity index is 2.19. The van der Waals surface area contributed by atoms with Gasteiger partial charge in [-0.25, -0.2) is 4.39 Å². The van der Waals surface area contributed by atoms with Crippen LogP contribution >= 0.6 is 0 Å². The zero-order valence-electron chi connectivity index (χ0n) is 12.8. The molecule has 3 rings (SSSR count). The molecule has 1 aromatic heterocycles. The van der Waals surface area contributed by atoms with Gasteiger partial charge in [0.2, 0.25) is 0 Å². The number of rotatable bonds is 2. The molecule has 0 spiro atoms. The van der Waals surface area contributed by atoms with E-state index in [-0.39, 0.29) is 22.0 Å². The number of fused-ring (bicyclic) bond motifs is 1. The highest BCUT2D eigenvalue weighted by molar-refractivity contribution is 5.89. The molecular weight excluding hydrogens is 365 g/mol. The molecule has 1 atom stereocenters. The number of hydrogen-bond acceptors (Lipinski definition) is 1. The summed E-state index contributed by atoms with van der Waals surface area (Å²) >= 11 is 0. The van der Waals surface area contributed by atoms with Crippen LogP contribution in [-0.4, -0.2) is 11.2 Å².